The third-order valence-electron chi connectivity index (χ3n) is 4.82. The lowest BCUT2D eigenvalue weighted by Gasteiger charge is -2.16. The smallest absolute Gasteiger partial charge is 0.324 e. The molecule has 0 saturated carbocycles. The Labute approximate surface area is 190 Å². The molecule has 2 amide bonds. The average molecular weight is 465 g/mol. The number of esters is 1. The highest BCUT2D eigenvalue weighted by Gasteiger charge is 2.21. The van der Waals surface area contributed by atoms with Gasteiger partial charge in [-0.15, -0.1) is 11.3 Å². The topological polar surface area (TPSA) is 116 Å². The van der Waals surface area contributed by atoms with Crippen LogP contribution >= 0.6 is 11.3 Å². The number of carbonyl (C=O) groups is 3. The highest BCUT2D eigenvalue weighted by atomic mass is 32.1. The molecule has 174 valence electrons. The molecule has 0 unspecified atom stereocenters. The van der Waals surface area contributed by atoms with Crippen molar-refractivity contribution in [1.82, 2.24) is 4.57 Å². The predicted octanol–water partition coefficient (Wildman–Crippen LogP) is 3.29. The normalized spacial score (nSPS) is 13.7. The molecule has 0 aliphatic carbocycles. The number of halogens is 1. The molecule has 0 bridgehead atoms. The number of carbonyl (C=O) groups excluding carboxylic acids is 3. The monoisotopic (exact) mass is 464 g/mol. The van der Waals surface area contributed by atoms with Crippen LogP contribution < -0.4 is 15.9 Å². The Morgan fingerprint density at radius 1 is 1.28 bits per heavy atom. The van der Waals surface area contributed by atoms with Gasteiger partial charge in [-0.1, -0.05) is 34.1 Å². The molecule has 8 nitrogen and oxygen atoms in total. The van der Waals surface area contributed by atoms with Crippen molar-refractivity contribution in [1.29, 1.82) is 0 Å². The molecule has 0 aliphatic heterocycles. The van der Waals surface area contributed by atoms with Gasteiger partial charge in [-0.3, -0.25) is 19.0 Å². The molecule has 1 aromatic heterocycles. The molecule has 0 radical (unpaired) electrons. The maximum Gasteiger partial charge on any atom is 0.324 e. The van der Waals surface area contributed by atoms with E-state index in [4.69, 9.17) is 10.5 Å². The molecular formula is C22H29FN4O4S. The van der Waals surface area contributed by atoms with Gasteiger partial charge in [0.05, 0.1) is 5.69 Å². The van der Waals surface area contributed by atoms with Crippen molar-refractivity contribution < 1.29 is 23.5 Å². The average Bonchev–Trinajstić information content (AvgIpc) is 3.18. The maximum absolute atomic E-state index is 14.4. The zero-order chi connectivity index (χ0) is 23.8. The summed E-state index contributed by atoms with van der Waals surface area (Å²) >= 11 is 1.17. The highest BCUT2D eigenvalue weighted by Crippen LogP contribution is 2.17. The Hall–Kier alpha value is -2.85. The van der Waals surface area contributed by atoms with Crippen LogP contribution in [0.25, 0.3) is 0 Å². The summed E-state index contributed by atoms with van der Waals surface area (Å²) < 4.78 is 21.1. The second kappa shape index (κ2) is 11.7. The van der Waals surface area contributed by atoms with E-state index >= 15 is 0 Å². The number of hydrogen-bond acceptors (Lipinski definition) is 6. The van der Waals surface area contributed by atoms with Crippen LogP contribution in [0.4, 0.5) is 10.1 Å². The van der Waals surface area contributed by atoms with E-state index in [9.17, 15) is 18.8 Å². The van der Waals surface area contributed by atoms with E-state index in [1.165, 1.54) is 28.0 Å². The van der Waals surface area contributed by atoms with Crippen LogP contribution in [0.5, 0.6) is 0 Å². The number of ether oxygens (including phenoxy) is 1. The minimum Gasteiger partial charge on any atom is -0.443 e. The molecule has 32 heavy (non-hydrogen) atoms. The summed E-state index contributed by atoms with van der Waals surface area (Å²) in [6, 6.07) is 3.02. The SMILES string of the molecule is CC[C@H](C)[C@H](N)C(=O)OCn1ccsc1=NC(=O)c1ccc(NC(=O)CC(C)C)c(F)c1. The Morgan fingerprint density at radius 2 is 2.00 bits per heavy atom. The van der Waals surface area contributed by atoms with Gasteiger partial charge in [-0.05, 0) is 30.0 Å². The van der Waals surface area contributed by atoms with Crippen LogP contribution in [0.15, 0.2) is 34.8 Å². The fourth-order valence-corrected chi connectivity index (χ4v) is 3.39. The van der Waals surface area contributed by atoms with Crippen LogP contribution in [-0.4, -0.2) is 28.4 Å². The van der Waals surface area contributed by atoms with Crippen LogP contribution in [0, 0.1) is 17.7 Å². The van der Waals surface area contributed by atoms with Gasteiger partial charge in [-0.25, -0.2) is 4.39 Å². The van der Waals surface area contributed by atoms with Crippen LogP contribution in [0.1, 0.15) is 50.9 Å². The highest BCUT2D eigenvalue weighted by molar-refractivity contribution is 7.07. The third-order valence-corrected chi connectivity index (χ3v) is 5.61. The van der Waals surface area contributed by atoms with Crippen molar-refractivity contribution in [2.45, 2.75) is 53.3 Å². The fraction of sp³-hybridized carbons (Fsp3) is 0.455. The molecule has 1 aromatic carbocycles. The number of hydrogen-bond donors (Lipinski definition) is 2. The van der Waals surface area contributed by atoms with E-state index in [0.717, 1.165) is 12.5 Å². The van der Waals surface area contributed by atoms with Crippen molar-refractivity contribution in [2.75, 3.05) is 5.32 Å². The van der Waals surface area contributed by atoms with Crippen LogP contribution in [-0.2, 0) is 21.1 Å². The Kier molecular flexibility index (Phi) is 9.27. The molecule has 2 rings (SSSR count). The summed E-state index contributed by atoms with van der Waals surface area (Å²) in [5.74, 6) is -2.11. The van der Waals surface area contributed by atoms with Crippen molar-refractivity contribution >= 4 is 34.8 Å². The lowest BCUT2D eigenvalue weighted by Crippen LogP contribution is -2.38. The van der Waals surface area contributed by atoms with Gasteiger partial charge >= 0.3 is 5.97 Å². The van der Waals surface area contributed by atoms with Crippen molar-refractivity contribution in [3.8, 4) is 0 Å². The van der Waals surface area contributed by atoms with Crippen molar-refractivity contribution in [3.63, 3.8) is 0 Å². The number of anilines is 1. The standard InChI is InChI=1S/C22H29FN4O4S/c1-5-14(4)19(24)21(30)31-12-27-8-9-32-22(27)26-20(29)15-6-7-17(16(23)11-15)25-18(28)10-13(2)3/h6-9,11,13-14,19H,5,10,12,24H2,1-4H3,(H,25,28)/t14-,19-/m0/s1. The first-order valence-corrected chi connectivity index (χ1v) is 11.2. The zero-order valence-corrected chi connectivity index (χ0v) is 19.4. The summed E-state index contributed by atoms with van der Waals surface area (Å²) in [4.78, 5) is 40.7. The summed E-state index contributed by atoms with van der Waals surface area (Å²) in [5.41, 5.74) is 5.90. The molecule has 10 heteroatoms. The van der Waals surface area contributed by atoms with E-state index < -0.39 is 23.7 Å². The van der Waals surface area contributed by atoms with Gasteiger partial charge in [-0.2, -0.15) is 4.99 Å². The molecular weight excluding hydrogens is 435 g/mol. The number of amides is 2. The summed E-state index contributed by atoms with van der Waals surface area (Å²) in [5, 5.41) is 4.18. The molecule has 2 aromatic rings. The molecule has 3 N–H and O–H groups in total. The van der Waals surface area contributed by atoms with Gasteiger partial charge in [0.1, 0.15) is 11.9 Å². The number of benzene rings is 1. The second-order valence-electron chi connectivity index (χ2n) is 7.92. The first kappa shape index (κ1) is 25.4. The number of nitrogens with one attached hydrogen (secondary N) is 1. The molecule has 0 fully saturated rings. The van der Waals surface area contributed by atoms with Gasteiger partial charge in [0, 0.05) is 23.6 Å². The van der Waals surface area contributed by atoms with Crippen molar-refractivity contribution in [3.05, 3.63) is 46.0 Å². The fourth-order valence-electron chi connectivity index (χ4n) is 2.67. The number of aromatic nitrogens is 1. The van der Waals surface area contributed by atoms with E-state index in [0.29, 0.717) is 0 Å². The Balaban J connectivity index is 2.10. The van der Waals surface area contributed by atoms with Gasteiger partial charge < -0.3 is 15.8 Å². The lowest BCUT2D eigenvalue weighted by molar-refractivity contribution is -0.150. The van der Waals surface area contributed by atoms with Gasteiger partial charge in [0.2, 0.25) is 5.91 Å². The number of thiazole rings is 1. The van der Waals surface area contributed by atoms with Crippen molar-refractivity contribution in [2.24, 2.45) is 22.6 Å². The molecule has 0 saturated heterocycles. The number of rotatable bonds is 9. The maximum atomic E-state index is 14.4. The quantitative estimate of drug-likeness (QED) is 0.553. The Morgan fingerprint density at radius 3 is 2.62 bits per heavy atom. The predicted molar refractivity (Wildman–Crippen MR) is 120 cm³/mol. The minimum atomic E-state index is -0.733. The number of nitrogens with two attached hydrogens (primary N) is 1. The van der Waals surface area contributed by atoms with Gasteiger partial charge in [0.15, 0.2) is 11.5 Å². The zero-order valence-electron chi connectivity index (χ0n) is 18.6. The van der Waals surface area contributed by atoms with Gasteiger partial charge in [0.25, 0.3) is 5.91 Å². The third kappa shape index (κ3) is 7.10. The van der Waals surface area contributed by atoms with Crippen LogP contribution in [0.3, 0.4) is 0 Å². The molecule has 0 spiro atoms. The van der Waals surface area contributed by atoms with E-state index in [-0.39, 0.29) is 46.9 Å². The lowest BCUT2D eigenvalue weighted by atomic mass is 10.0. The largest absolute Gasteiger partial charge is 0.443 e. The molecule has 2 atom stereocenters. The first-order chi connectivity index (χ1) is 15.1. The Bertz CT molecular complexity index is 1030. The van der Waals surface area contributed by atoms with E-state index in [1.807, 2.05) is 27.7 Å². The first-order valence-electron chi connectivity index (χ1n) is 10.4. The summed E-state index contributed by atoms with van der Waals surface area (Å²) in [6.07, 6.45) is 2.63. The second-order valence-corrected chi connectivity index (χ2v) is 8.79. The number of nitrogens with zero attached hydrogens (tertiary/aromatic N) is 2. The summed E-state index contributed by atoms with van der Waals surface area (Å²) in [7, 11) is 0. The van der Waals surface area contributed by atoms with E-state index in [1.54, 1.807) is 11.6 Å². The molecule has 1 heterocycles. The van der Waals surface area contributed by atoms with E-state index in [2.05, 4.69) is 10.3 Å². The van der Waals surface area contributed by atoms with Crippen LogP contribution in [0.2, 0.25) is 0 Å². The molecule has 0 aliphatic rings. The minimum absolute atomic E-state index is 0.00273. The summed E-state index contributed by atoms with van der Waals surface area (Å²) in [6.45, 7) is 7.42.